The van der Waals surface area contributed by atoms with E-state index in [1.165, 1.54) is 0 Å². The summed E-state index contributed by atoms with van der Waals surface area (Å²) in [4.78, 5) is 40.8. The molecule has 0 unspecified atom stereocenters. The minimum Gasteiger partial charge on any atom is -0.508 e. The molecule has 0 atom stereocenters. The molecule has 1 amide bonds. The number of nitrogens with one attached hydrogen (secondary N) is 4. The van der Waals surface area contributed by atoms with Crippen LogP contribution in [0.2, 0.25) is 0 Å². The Balaban J connectivity index is 1.20. The summed E-state index contributed by atoms with van der Waals surface area (Å²) >= 11 is 0. The topological polar surface area (TPSA) is 227 Å². The molecule has 4 rings (SSSR count). The first-order chi connectivity index (χ1) is 26.0. The van der Waals surface area contributed by atoms with Crippen molar-refractivity contribution in [2.24, 2.45) is 5.11 Å². The molecular formula is C36H44N10O7. The number of hydrogen-bond acceptors (Lipinski definition) is 14. The first-order valence-corrected chi connectivity index (χ1v) is 17.1. The predicted molar refractivity (Wildman–Crippen MR) is 199 cm³/mol. The molecule has 1 heterocycles. The predicted octanol–water partition coefficient (Wildman–Crippen LogP) is 5.25. The fourth-order valence-electron chi connectivity index (χ4n) is 4.58. The number of benzene rings is 3. The summed E-state index contributed by atoms with van der Waals surface area (Å²) in [5.74, 6) is 0.690. The smallest absolute Gasteiger partial charge is 0.251 e. The molecule has 280 valence electrons. The normalized spacial score (nSPS) is 10.6. The molecule has 0 spiro atoms. The Morgan fingerprint density at radius 1 is 0.679 bits per heavy atom. The molecule has 0 fully saturated rings. The number of aromatic hydroxyl groups is 1. The van der Waals surface area contributed by atoms with Crippen LogP contribution < -0.4 is 21.3 Å². The van der Waals surface area contributed by atoms with Crippen LogP contribution in [0.15, 0.2) is 84.0 Å². The maximum Gasteiger partial charge on any atom is 0.251 e. The van der Waals surface area contributed by atoms with Crippen molar-refractivity contribution in [1.29, 1.82) is 0 Å². The van der Waals surface area contributed by atoms with Crippen molar-refractivity contribution in [2.45, 2.75) is 12.8 Å². The van der Waals surface area contributed by atoms with Gasteiger partial charge in [0.05, 0.1) is 46.2 Å². The van der Waals surface area contributed by atoms with E-state index in [9.17, 15) is 14.7 Å². The molecule has 0 saturated carbocycles. The number of amides is 1. The van der Waals surface area contributed by atoms with Crippen molar-refractivity contribution < 1.29 is 33.6 Å². The van der Waals surface area contributed by atoms with E-state index in [0.717, 1.165) is 0 Å². The first kappa shape index (κ1) is 39.9. The molecule has 5 N–H and O–H groups in total. The lowest BCUT2D eigenvalue weighted by Gasteiger charge is -2.12. The molecule has 17 nitrogen and oxygen atoms in total. The lowest BCUT2D eigenvalue weighted by molar-refractivity contribution is 0.0497. The quantitative estimate of drug-likeness (QED) is 0.0183. The van der Waals surface area contributed by atoms with Crippen LogP contribution in [0.1, 0.15) is 33.6 Å². The van der Waals surface area contributed by atoms with Gasteiger partial charge in [0.2, 0.25) is 17.8 Å². The highest BCUT2D eigenvalue weighted by Gasteiger charge is 2.10. The van der Waals surface area contributed by atoms with E-state index in [-0.39, 0.29) is 41.8 Å². The summed E-state index contributed by atoms with van der Waals surface area (Å²) in [6.45, 7) is 4.00. The molecule has 3 aromatic carbocycles. The highest BCUT2D eigenvalue weighted by atomic mass is 16.5. The number of azide groups is 1. The Labute approximate surface area is 307 Å². The number of phenolic OH excluding ortho intramolecular Hbond substituents is 1. The van der Waals surface area contributed by atoms with Gasteiger partial charge >= 0.3 is 0 Å². The maximum absolute atomic E-state index is 12.6. The molecule has 0 radical (unpaired) electrons. The van der Waals surface area contributed by atoms with Crippen LogP contribution in [0.5, 0.6) is 5.75 Å². The van der Waals surface area contributed by atoms with Crippen LogP contribution >= 0.6 is 0 Å². The molecule has 1 aromatic heterocycles. The minimum absolute atomic E-state index is 0.0872. The van der Waals surface area contributed by atoms with E-state index >= 15 is 0 Å². The van der Waals surface area contributed by atoms with E-state index in [0.29, 0.717) is 101 Å². The Morgan fingerprint density at radius 3 is 2.02 bits per heavy atom. The van der Waals surface area contributed by atoms with Crippen molar-refractivity contribution in [3.05, 3.63) is 100 Å². The molecule has 0 aliphatic carbocycles. The van der Waals surface area contributed by atoms with Crippen molar-refractivity contribution >= 4 is 40.9 Å². The van der Waals surface area contributed by atoms with Crippen molar-refractivity contribution in [2.75, 3.05) is 88.4 Å². The first-order valence-electron chi connectivity index (χ1n) is 17.1. The number of carbonyl (C=O) groups excluding carboxylic acids is 2. The summed E-state index contributed by atoms with van der Waals surface area (Å²) in [7, 11) is 0. The number of aromatic nitrogens is 3. The lowest BCUT2D eigenvalue weighted by atomic mass is 10.1. The van der Waals surface area contributed by atoms with E-state index < -0.39 is 0 Å². The zero-order valence-corrected chi connectivity index (χ0v) is 29.3. The summed E-state index contributed by atoms with van der Waals surface area (Å²) < 4.78 is 22.0. The van der Waals surface area contributed by atoms with Crippen molar-refractivity contribution in [3.8, 4) is 5.75 Å². The van der Waals surface area contributed by atoms with Crippen molar-refractivity contribution in [3.63, 3.8) is 0 Å². The molecule has 0 saturated heterocycles. The molecule has 4 aromatic rings. The third-order valence-corrected chi connectivity index (χ3v) is 7.13. The molecule has 0 aliphatic rings. The fraction of sp³-hybridized carbons (Fsp3) is 0.361. The number of ketones is 1. The standard InChI is InChI=1S/C36H44N10O7/c37-46-40-17-21-53-25-24-51-19-15-38-33(49)28-11-13-29(14-12-28)41-35-43-34(44-36(45-35)42-30-8-4-9-31(47)26-30)39-16-20-52-23-22-50-18-5-10-32(48)27-6-2-1-3-7-27/h1-4,6-9,11-14,26,47H,5,10,15-25H2,(H,38,49)(H3,39,41,42,43,44,45). The van der Waals surface area contributed by atoms with Gasteiger partial charge < -0.3 is 45.3 Å². The number of rotatable bonds is 26. The summed E-state index contributed by atoms with van der Waals surface area (Å²) in [6, 6.07) is 22.6. The largest absolute Gasteiger partial charge is 0.508 e. The highest BCUT2D eigenvalue weighted by Crippen LogP contribution is 2.21. The Hall–Kier alpha value is -5.84. The molecule has 0 aliphatic heterocycles. The minimum atomic E-state index is -0.251. The monoisotopic (exact) mass is 728 g/mol. The van der Waals surface area contributed by atoms with Crippen LogP contribution in [0.3, 0.4) is 0 Å². The number of hydrogen-bond donors (Lipinski definition) is 5. The van der Waals surface area contributed by atoms with Gasteiger partial charge in [-0.2, -0.15) is 15.0 Å². The second-order valence-corrected chi connectivity index (χ2v) is 11.2. The van der Waals surface area contributed by atoms with Gasteiger partial charge in [-0.15, -0.1) is 0 Å². The average Bonchev–Trinajstić information content (AvgIpc) is 3.16. The zero-order chi connectivity index (χ0) is 37.4. The van der Waals surface area contributed by atoms with Gasteiger partial charge in [-0.25, -0.2) is 0 Å². The van der Waals surface area contributed by atoms with Crippen LogP contribution in [-0.2, 0) is 18.9 Å². The highest BCUT2D eigenvalue weighted by molar-refractivity contribution is 5.96. The van der Waals surface area contributed by atoms with Gasteiger partial charge in [-0.05, 0) is 48.4 Å². The molecule has 53 heavy (non-hydrogen) atoms. The number of carbonyl (C=O) groups is 2. The van der Waals surface area contributed by atoms with E-state index in [4.69, 9.17) is 24.5 Å². The summed E-state index contributed by atoms with van der Waals surface area (Å²) in [5.41, 5.74) is 10.6. The maximum atomic E-state index is 12.6. The lowest BCUT2D eigenvalue weighted by Crippen LogP contribution is -2.27. The fourth-order valence-corrected chi connectivity index (χ4v) is 4.58. The van der Waals surface area contributed by atoms with Gasteiger partial charge in [0.25, 0.3) is 5.91 Å². The van der Waals surface area contributed by atoms with E-state index in [1.807, 2.05) is 30.3 Å². The number of anilines is 5. The number of nitrogens with zero attached hydrogens (tertiary/aromatic N) is 6. The Morgan fingerprint density at radius 2 is 1.32 bits per heavy atom. The van der Waals surface area contributed by atoms with E-state index in [2.05, 4.69) is 46.2 Å². The third-order valence-electron chi connectivity index (χ3n) is 7.13. The number of ether oxygens (including phenoxy) is 4. The van der Waals surface area contributed by atoms with Gasteiger partial charge in [0.15, 0.2) is 5.78 Å². The SMILES string of the molecule is [N-]=[N+]=NCCOCCOCCNC(=O)c1ccc(Nc2nc(NCCOCCOCCCC(=O)c3ccccc3)nc(Nc3cccc(O)c3)n2)cc1. The van der Waals surface area contributed by atoms with Crippen LogP contribution in [0.25, 0.3) is 10.4 Å². The van der Waals surface area contributed by atoms with Crippen LogP contribution in [-0.4, -0.2) is 104 Å². The average molecular weight is 729 g/mol. The Bertz CT molecular complexity index is 1740. The number of phenols is 1. The zero-order valence-electron chi connectivity index (χ0n) is 29.3. The van der Waals surface area contributed by atoms with Gasteiger partial charge in [0.1, 0.15) is 5.75 Å². The number of Topliss-reactive ketones (excluding diaryl/α,β-unsaturated/α-hetero) is 1. The second-order valence-electron chi connectivity index (χ2n) is 11.2. The second kappa shape index (κ2) is 23.6. The van der Waals surface area contributed by atoms with Crippen LogP contribution in [0.4, 0.5) is 29.2 Å². The molecule has 0 bridgehead atoms. The van der Waals surface area contributed by atoms with Gasteiger partial charge in [-0.1, -0.05) is 41.5 Å². The van der Waals surface area contributed by atoms with Gasteiger partial charge in [-0.3, -0.25) is 9.59 Å². The summed E-state index contributed by atoms with van der Waals surface area (Å²) in [5, 5.41) is 25.4. The summed E-state index contributed by atoms with van der Waals surface area (Å²) in [6.07, 6.45) is 1.07. The Kier molecular flexibility index (Phi) is 17.8. The van der Waals surface area contributed by atoms with Crippen LogP contribution in [0, 0.1) is 0 Å². The molecular weight excluding hydrogens is 684 g/mol. The molecule has 17 heteroatoms. The van der Waals surface area contributed by atoms with Gasteiger partial charge in [0, 0.05) is 66.1 Å². The van der Waals surface area contributed by atoms with Crippen molar-refractivity contribution in [1.82, 2.24) is 20.3 Å². The van der Waals surface area contributed by atoms with E-state index in [1.54, 1.807) is 48.5 Å². The third kappa shape index (κ3) is 15.9.